The molecule has 1 aromatic heterocycles. The van der Waals surface area contributed by atoms with Gasteiger partial charge < -0.3 is 29.4 Å². The number of carbonyl (C=O) groups excluding carboxylic acids is 1. The minimum absolute atomic E-state index is 0.163. The van der Waals surface area contributed by atoms with E-state index in [-0.39, 0.29) is 16.9 Å². The molecule has 1 heterocycles. The van der Waals surface area contributed by atoms with E-state index in [0.717, 1.165) is 36.2 Å². The largest absolute Gasteiger partial charge is 0.383 e. The van der Waals surface area contributed by atoms with Gasteiger partial charge in [-0.15, -0.1) is 0 Å². The number of benzene rings is 2. The van der Waals surface area contributed by atoms with E-state index in [1.54, 1.807) is 19.4 Å². The number of pyridine rings is 1. The molecule has 0 aliphatic carbocycles. The van der Waals surface area contributed by atoms with Crippen LogP contribution in [0.5, 0.6) is 0 Å². The highest BCUT2D eigenvalue weighted by Gasteiger charge is 2.16. The van der Waals surface area contributed by atoms with Crippen molar-refractivity contribution in [2.75, 3.05) is 52.0 Å². The second-order valence-electron chi connectivity index (χ2n) is 8.46. The fourth-order valence-corrected chi connectivity index (χ4v) is 3.78. The third-order valence-electron chi connectivity index (χ3n) is 5.75. The molecule has 0 unspecified atom stereocenters. The monoisotopic (exact) mass is 495 g/mol. The number of unbranched alkanes of at least 4 members (excludes halogenated alkanes) is 1. The topological polar surface area (TPSA) is 90.8 Å². The first-order valence-corrected chi connectivity index (χ1v) is 12.5. The van der Waals surface area contributed by atoms with E-state index in [2.05, 4.69) is 17.6 Å². The highest BCUT2D eigenvalue weighted by Crippen LogP contribution is 2.19. The van der Waals surface area contributed by atoms with Gasteiger partial charge in [0.2, 0.25) is 5.43 Å². The van der Waals surface area contributed by atoms with Crippen LogP contribution in [-0.4, -0.2) is 57.2 Å². The van der Waals surface area contributed by atoms with Gasteiger partial charge in [0.25, 0.3) is 5.91 Å². The zero-order chi connectivity index (χ0) is 25.6. The Kier molecular flexibility index (Phi) is 11.4. The lowest BCUT2D eigenvalue weighted by Crippen LogP contribution is -2.29. The predicted molar refractivity (Wildman–Crippen MR) is 143 cm³/mol. The molecule has 194 valence electrons. The highest BCUT2D eigenvalue weighted by molar-refractivity contribution is 5.97. The predicted octanol–water partition coefficient (Wildman–Crippen LogP) is 3.82. The first kappa shape index (κ1) is 27.4. The quantitative estimate of drug-likeness (QED) is 0.294. The van der Waals surface area contributed by atoms with Crippen molar-refractivity contribution >= 4 is 22.5 Å². The van der Waals surface area contributed by atoms with Crippen LogP contribution in [0.1, 0.15) is 35.7 Å². The second-order valence-corrected chi connectivity index (χ2v) is 8.46. The lowest BCUT2D eigenvalue weighted by molar-refractivity contribution is 0.0272. The number of amides is 1. The molecule has 3 rings (SSSR count). The molecule has 0 saturated carbocycles. The van der Waals surface area contributed by atoms with Gasteiger partial charge in [0.1, 0.15) is 5.56 Å². The lowest BCUT2D eigenvalue weighted by atomic mass is 10.1. The smallest absolute Gasteiger partial charge is 0.257 e. The van der Waals surface area contributed by atoms with Crippen LogP contribution in [0, 0.1) is 0 Å². The van der Waals surface area contributed by atoms with Crippen molar-refractivity contribution in [2.45, 2.75) is 32.9 Å². The lowest BCUT2D eigenvalue weighted by Gasteiger charge is -2.15. The standard InChI is InChI=1S/C28H37N3O5/c1-3-4-13-31-21-25(28(33)30-20-22-8-6-5-7-9-22)27(32)24-11-10-23(19-26(24)31)29-12-14-35-17-18-36-16-15-34-2/h5-11,19,21,29H,3-4,12-18,20H2,1-2H3,(H,30,33). The average Bonchev–Trinajstić information content (AvgIpc) is 2.91. The molecule has 8 nitrogen and oxygen atoms in total. The number of nitrogens with zero attached hydrogens (tertiary/aromatic N) is 1. The molecule has 3 aromatic rings. The van der Waals surface area contributed by atoms with Crippen molar-refractivity contribution in [2.24, 2.45) is 0 Å². The summed E-state index contributed by atoms with van der Waals surface area (Å²) in [6.07, 6.45) is 3.64. The minimum Gasteiger partial charge on any atom is -0.383 e. The Morgan fingerprint density at radius 3 is 2.47 bits per heavy atom. The molecule has 0 radical (unpaired) electrons. The van der Waals surface area contributed by atoms with Crippen LogP contribution < -0.4 is 16.1 Å². The summed E-state index contributed by atoms with van der Waals surface area (Å²) >= 11 is 0. The first-order chi connectivity index (χ1) is 17.6. The third kappa shape index (κ3) is 8.19. The molecule has 36 heavy (non-hydrogen) atoms. The van der Waals surface area contributed by atoms with Crippen LogP contribution >= 0.6 is 0 Å². The molecular formula is C28H37N3O5. The Bertz CT molecular complexity index is 1150. The van der Waals surface area contributed by atoms with E-state index in [9.17, 15) is 9.59 Å². The van der Waals surface area contributed by atoms with Gasteiger partial charge in [-0.25, -0.2) is 0 Å². The summed E-state index contributed by atoms with van der Waals surface area (Å²) < 4.78 is 17.9. The van der Waals surface area contributed by atoms with E-state index < -0.39 is 0 Å². The molecule has 0 atom stereocenters. The summed E-state index contributed by atoms with van der Waals surface area (Å²) in [6.45, 7) is 6.57. The normalized spacial score (nSPS) is 11.1. The van der Waals surface area contributed by atoms with Crippen LogP contribution in [-0.2, 0) is 27.3 Å². The molecule has 0 bridgehead atoms. The van der Waals surface area contributed by atoms with Crippen molar-refractivity contribution in [1.82, 2.24) is 9.88 Å². The van der Waals surface area contributed by atoms with Crippen LogP contribution in [0.2, 0.25) is 0 Å². The number of anilines is 1. The zero-order valence-corrected chi connectivity index (χ0v) is 21.3. The van der Waals surface area contributed by atoms with E-state index >= 15 is 0 Å². The van der Waals surface area contributed by atoms with Gasteiger partial charge in [-0.2, -0.15) is 0 Å². The van der Waals surface area contributed by atoms with E-state index in [1.165, 1.54) is 0 Å². The summed E-state index contributed by atoms with van der Waals surface area (Å²) in [4.78, 5) is 26.1. The SMILES string of the molecule is CCCCn1cc(C(=O)NCc2ccccc2)c(=O)c2ccc(NCCOCCOCCOC)cc21. The summed E-state index contributed by atoms with van der Waals surface area (Å²) in [5, 5.41) is 6.76. The van der Waals surface area contributed by atoms with Gasteiger partial charge in [0.05, 0.1) is 38.6 Å². The highest BCUT2D eigenvalue weighted by atomic mass is 16.5. The van der Waals surface area contributed by atoms with Crippen molar-refractivity contribution < 1.29 is 19.0 Å². The van der Waals surface area contributed by atoms with Crippen molar-refractivity contribution in [3.05, 3.63) is 76.1 Å². The maximum Gasteiger partial charge on any atom is 0.257 e. The molecule has 8 heteroatoms. The van der Waals surface area contributed by atoms with E-state index in [4.69, 9.17) is 14.2 Å². The number of ether oxygens (including phenoxy) is 3. The Labute approximate surface area is 212 Å². The van der Waals surface area contributed by atoms with Gasteiger partial charge in [-0.1, -0.05) is 43.7 Å². The summed E-state index contributed by atoms with van der Waals surface area (Å²) in [6, 6.07) is 15.3. The molecule has 0 spiro atoms. The Morgan fingerprint density at radius 2 is 1.72 bits per heavy atom. The molecule has 2 N–H and O–H groups in total. The maximum atomic E-state index is 13.2. The first-order valence-electron chi connectivity index (χ1n) is 12.5. The van der Waals surface area contributed by atoms with Crippen molar-refractivity contribution in [3.8, 4) is 0 Å². The Hall–Kier alpha value is -3.20. The third-order valence-corrected chi connectivity index (χ3v) is 5.75. The molecule has 0 fully saturated rings. The summed E-state index contributed by atoms with van der Waals surface area (Å²) in [5.74, 6) is -0.360. The van der Waals surface area contributed by atoms with Gasteiger partial charge in [0.15, 0.2) is 0 Å². The van der Waals surface area contributed by atoms with Crippen LogP contribution in [0.4, 0.5) is 5.69 Å². The minimum atomic E-state index is -0.360. The van der Waals surface area contributed by atoms with E-state index in [0.29, 0.717) is 51.5 Å². The maximum absolute atomic E-state index is 13.2. The number of rotatable bonds is 16. The van der Waals surface area contributed by atoms with Gasteiger partial charge in [0, 0.05) is 44.0 Å². The molecule has 0 aliphatic heterocycles. The average molecular weight is 496 g/mol. The summed E-state index contributed by atoms with van der Waals surface area (Å²) in [5.41, 5.74) is 2.60. The van der Waals surface area contributed by atoms with Crippen LogP contribution in [0.3, 0.4) is 0 Å². The van der Waals surface area contributed by atoms with Crippen molar-refractivity contribution in [3.63, 3.8) is 0 Å². The Morgan fingerprint density at radius 1 is 0.972 bits per heavy atom. The number of aryl methyl sites for hydroxylation is 1. The molecule has 2 aromatic carbocycles. The van der Waals surface area contributed by atoms with E-state index in [1.807, 2.05) is 47.0 Å². The molecule has 0 saturated heterocycles. The zero-order valence-electron chi connectivity index (χ0n) is 21.3. The van der Waals surface area contributed by atoms with Gasteiger partial charge in [-0.3, -0.25) is 9.59 Å². The number of methoxy groups -OCH3 is 1. The molecule has 0 aliphatic rings. The number of fused-ring (bicyclic) bond motifs is 1. The second kappa shape index (κ2) is 15.0. The van der Waals surface area contributed by atoms with Crippen molar-refractivity contribution in [1.29, 1.82) is 0 Å². The number of hydrogen-bond donors (Lipinski definition) is 2. The number of carbonyl (C=O) groups is 1. The molecule has 1 amide bonds. The Balaban J connectivity index is 1.66. The number of nitrogens with one attached hydrogen (secondary N) is 2. The van der Waals surface area contributed by atoms with Gasteiger partial charge >= 0.3 is 0 Å². The summed E-state index contributed by atoms with van der Waals surface area (Å²) in [7, 11) is 1.64. The number of aromatic nitrogens is 1. The van der Waals surface area contributed by atoms with Crippen LogP contribution in [0.25, 0.3) is 10.9 Å². The fourth-order valence-electron chi connectivity index (χ4n) is 3.78. The number of hydrogen-bond acceptors (Lipinski definition) is 6. The van der Waals surface area contributed by atoms with Gasteiger partial charge in [-0.05, 0) is 30.2 Å². The van der Waals surface area contributed by atoms with Crippen LogP contribution in [0.15, 0.2) is 59.5 Å². The molecular weight excluding hydrogens is 458 g/mol. The fraction of sp³-hybridized carbons (Fsp3) is 0.429.